The van der Waals surface area contributed by atoms with E-state index < -0.39 is 0 Å². The van der Waals surface area contributed by atoms with Gasteiger partial charge in [0, 0.05) is 0 Å². The van der Waals surface area contributed by atoms with Crippen LogP contribution in [0.25, 0.3) is 0 Å². The van der Waals surface area contributed by atoms with Crippen LogP contribution >= 0.6 is 0 Å². The topological polar surface area (TPSA) is 12.0 Å². The summed E-state index contributed by atoms with van der Waals surface area (Å²) in [5, 5.41) is 3.11. The monoisotopic (exact) mass is 111 g/mol. The second-order valence-corrected chi connectivity index (χ2v) is 0.957. The summed E-state index contributed by atoms with van der Waals surface area (Å²) in [6, 6.07) is 0. The van der Waals surface area contributed by atoms with Gasteiger partial charge in [-0.2, -0.15) is 0 Å². The molecule has 0 unspecified atom stereocenters. The van der Waals surface area contributed by atoms with Crippen molar-refractivity contribution in [1.82, 2.24) is 5.32 Å². The molecule has 0 fully saturated rings. The van der Waals surface area contributed by atoms with Gasteiger partial charge >= 0.3 is 36.2 Å². The largest absolute Gasteiger partial charge is 3.00 e. The van der Waals surface area contributed by atoms with Crippen LogP contribution in [-0.4, -0.2) is 30.5 Å². The van der Waals surface area contributed by atoms with E-state index in [9.17, 15) is 0 Å². The van der Waals surface area contributed by atoms with Crippen molar-refractivity contribution in [2.75, 3.05) is 13.1 Å². The molecule has 1 nitrogen and oxygen atoms in total. The fraction of sp³-hybridized carbons (Fsp3) is 1.00. The molecule has 40 valence electrons. The number of hydrogen-bond acceptors (Lipinski definition) is 1. The summed E-state index contributed by atoms with van der Waals surface area (Å²) in [5.74, 6) is 0. The smallest absolute Gasteiger partial charge is 1.00 e. The zero-order chi connectivity index (χ0) is 4.12. The van der Waals surface area contributed by atoms with E-state index in [2.05, 4.69) is 19.2 Å². The zero-order valence-corrected chi connectivity index (χ0v) is 6.65. The number of rotatable bonds is 2. The van der Waals surface area contributed by atoms with Crippen molar-refractivity contribution < 1.29 is 24.6 Å². The quantitative estimate of drug-likeness (QED) is 0.395. The van der Waals surface area contributed by atoms with E-state index in [1.807, 2.05) is 0 Å². The third kappa shape index (κ3) is 19.2. The van der Waals surface area contributed by atoms with Crippen LogP contribution in [0.15, 0.2) is 0 Å². The molecule has 0 aromatic heterocycles. The first kappa shape index (κ1) is 15.7. The first-order chi connectivity index (χ1) is 2.41. The average molecular weight is 111 g/mol. The van der Waals surface area contributed by atoms with Crippen molar-refractivity contribution in [2.45, 2.75) is 13.8 Å². The fourth-order valence-corrected chi connectivity index (χ4v) is 0.250. The second-order valence-electron chi connectivity index (χ2n) is 0.957. The molecular weight excluding hydrogens is 96.0 g/mol. The molecule has 0 saturated carbocycles. The zero-order valence-electron chi connectivity index (χ0n) is 9.49. The molecule has 7 heavy (non-hydrogen) atoms. The molecule has 0 aliphatic rings. The second kappa shape index (κ2) is 15.7. The van der Waals surface area contributed by atoms with E-state index in [1.165, 1.54) is 0 Å². The predicted octanol–water partition coefficient (Wildman–Crippen LogP) is -2.31. The maximum absolute atomic E-state index is 3.11. The third-order valence-corrected chi connectivity index (χ3v) is 0.500. The van der Waals surface area contributed by atoms with Crippen LogP contribution in [0, 0.1) is 0 Å². The first-order valence-corrected chi connectivity index (χ1v) is 2.12. The molecule has 0 aromatic carbocycles. The first-order valence-electron chi connectivity index (χ1n) is 2.12. The molecule has 0 rings (SSSR count). The van der Waals surface area contributed by atoms with Gasteiger partial charge < -0.3 is 11.0 Å². The summed E-state index contributed by atoms with van der Waals surface area (Å²) in [6.07, 6.45) is 0. The van der Waals surface area contributed by atoms with Crippen molar-refractivity contribution in [3.8, 4) is 0 Å². The minimum absolute atomic E-state index is 0. The van der Waals surface area contributed by atoms with Crippen LogP contribution in [0.2, 0.25) is 0 Å². The molecule has 0 atom stereocenters. The van der Waals surface area contributed by atoms with Crippen LogP contribution in [0.4, 0.5) is 0 Å². The van der Waals surface area contributed by atoms with E-state index in [0.717, 1.165) is 13.1 Å². The minimum atomic E-state index is 0. The van der Waals surface area contributed by atoms with Gasteiger partial charge in [-0.05, 0) is 13.1 Å². The Bertz CT molecular complexity index is 29.6. The van der Waals surface area contributed by atoms with Crippen molar-refractivity contribution in [1.29, 1.82) is 0 Å². The van der Waals surface area contributed by atoms with Gasteiger partial charge in [0.2, 0.25) is 0 Å². The molecular formula is C4H15AlLiN. The molecule has 3 heteroatoms. The molecule has 0 aromatic rings. The third-order valence-electron chi connectivity index (χ3n) is 0.500. The summed E-state index contributed by atoms with van der Waals surface area (Å²) in [6.45, 7) is 6.39. The van der Waals surface area contributed by atoms with Crippen LogP contribution in [-0.2, 0) is 0 Å². The van der Waals surface area contributed by atoms with E-state index in [4.69, 9.17) is 0 Å². The van der Waals surface area contributed by atoms with Crippen molar-refractivity contribution in [2.24, 2.45) is 0 Å². The summed E-state index contributed by atoms with van der Waals surface area (Å²) >= 11 is 0. The molecule has 0 aliphatic carbocycles. The predicted molar refractivity (Wildman–Crippen MR) is 34.4 cm³/mol. The fourth-order valence-electron chi connectivity index (χ4n) is 0.250. The van der Waals surface area contributed by atoms with E-state index >= 15 is 0 Å². The van der Waals surface area contributed by atoms with Gasteiger partial charge in [0.25, 0.3) is 0 Å². The normalized spacial score (nSPS) is 6.00. The standard InChI is InChI=1S/C4H11N.Al.Li.4H/c1-3-5-4-2;;;;;;/h5H,3-4H2,1-2H3;;;;;;/q;+3;+1;4*-1. The minimum Gasteiger partial charge on any atom is -1.00 e. The summed E-state index contributed by atoms with van der Waals surface area (Å²) in [7, 11) is 0. The van der Waals surface area contributed by atoms with Gasteiger partial charge in [-0.1, -0.05) is 13.8 Å². The maximum atomic E-state index is 3.11. The van der Waals surface area contributed by atoms with Crippen LogP contribution in [0.1, 0.15) is 19.6 Å². The number of hydrogen-bond donors (Lipinski definition) is 1. The van der Waals surface area contributed by atoms with Gasteiger partial charge in [0.05, 0.1) is 0 Å². The summed E-state index contributed by atoms with van der Waals surface area (Å²) in [5.41, 5.74) is 0. The Balaban J connectivity index is -0.00000000533. The van der Waals surface area contributed by atoms with Gasteiger partial charge in [0.1, 0.15) is 0 Å². The summed E-state index contributed by atoms with van der Waals surface area (Å²) < 4.78 is 0. The Morgan fingerprint density at radius 2 is 1.57 bits per heavy atom. The van der Waals surface area contributed by atoms with Gasteiger partial charge in [-0.3, -0.25) is 0 Å². The van der Waals surface area contributed by atoms with Crippen LogP contribution < -0.4 is 24.2 Å². The molecule has 0 amide bonds. The Kier molecular flexibility index (Phi) is 35.2. The van der Waals surface area contributed by atoms with E-state index in [0.29, 0.717) is 0 Å². The van der Waals surface area contributed by atoms with Gasteiger partial charge in [0.15, 0.2) is 0 Å². The van der Waals surface area contributed by atoms with Crippen molar-refractivity contribution >= 4 is 17.4 Å². The van der Waals surface area contributed by atoms with Crippen LogP contribution in [0.3, 0.4) is 0 Å². The molecule has 0 aliphatic heterocycles. The summed E-state index contributed by atoms with van der Waals surface area (Å²) in [4.78, 5) is 0. The Hall–Kier alpha value is 1.09. The van der Waals surface area contributed by atoms with E-state index in [-0.39, 0.29) is 41.9 Å². The Morgan fingerprint density at radius 3 is 1.57 bits per heavy atom. The Labute approximate surface area is 74.5 Å². The van der Waals surface area contributed by atoms with Crippen molar-refractivity contribution in [3.05, 3.63) is 0 Å². The molecule has 0 saturated heterocycles. The van der Waals surface area contributed by atoms with Gasteiger partial charge in [-0.15, -0.1) is 0 Å². The maximum Gasteiger partial charge on any atom is 3.00 e. The van der Waals surface area contributed by atoms with Gasteiger partial charge in [-0.25, -0.2) is 0 Å². The van der Waals surface area contributed by atoms with E-state index in [1.54, 1.807) is 0 Å². The average Bonchev–Trinajstić information content (AvgIpc) is 1.41. The molecule has 0 radical (unpaired) electrons. The SMILES string of the molecule is CCNCC.[Al+3].[H-].[H-].[H-].[H-].[Li+]. The Morgan fingerprint density at radius 1 is 1.29 bits per heavy atom. The number of nitrogens with one attached hydrogen (secondary N) is 1. The molecule has 0 spiro atoms. The molecule has 0 bridgehead atoms. The molecule has 0 heterocycles. The van der Waals surface area contributed by atoms with Crippen molar-refractivity contribution in [3.63, 3.8) is 0 Å². The molecule has 1 N–H and O–H groups in total. The van der Waals surface area contributed by atoms with Crippen LogP contribution in [0.5, 0.6) is 0 Å².